The molecule has 1 heterocycles. The fourth-order valence-corrected chi connectivity index (χ4v) is 3.83. The molecule has 24 heavy (non-hydrogen) atoms. The molecule has 3 aromatic carbocycles. The van der Waals surface area contributed by atoms with Crippen molar-refractivity contribution < 1.29 is 0 Å². The predicted octanol–water partition coefficient (Wildman–Crippen LogP) is 5.97. The maximum atomic E-state index is 6.14. The standard InChI is InChI=1S/C20H15ClN2S/c21-16-11-12-19-18(13-16)22-20(23(19)17-9-5-2-6-10-17)24-14-15-7-3-1-4-8-15/h1-13H,14H2. The lowest BCUT2D eigenvalue weighted by atomic mass is 10.2. The molecule has 2 nitrogen and oxygen atoms in total. The van der Waals surface area contributed by atoms with Gasteiger partial charge in [-0.1, -0.05) is 71.9 Å². The van der Waals surface area contributed by atoms with E-state index in [2.05, 4.69) is 41.0 Å². The van der Waals surface area contributed by atoms with Crippen molar-refractivity contribution in [3.05, 3.63) is 89.4 Å². The molecule has 0 saturated carbocycles. The van der Waals surface area contributed by atoms with Crippen molar-refractivity contribution in [1.29, 1.82) is 0 Å². The van der Waals surface area contributed by atoms with Crippen LogP contribution in [0, 0.1) is 0 Å². The van der Waals surface area contributed by atoms with Gasteiger partial charge in [-0.05, 0) is 35.9 Å². The zero-order chi connectivity index (χ0) is 16.4. The topological polar surface area (TPSA) is 17.8 Å². The fraction of sp³-hybridized carbons (Fsp3) is 0.0500. The van der Waals surface area contributed by atoms with Gasteiger partial charge in [0, 0.05) is 16.5 Å². The van der Waals surface area contributed by atoms with E-state index in [0.29, 0.717) is 5.02 Å². The normalized spacial score (nSPS) is 11.0. The molecule has 0 unspecified atom stereocenters. The Hall–Kier alpha value is -2.23. The third-order valence-corrected chi connectivity index (χ3v) is 5.06. The molecule has 0 saturated heterocycles. The Kier molecular flexibility index (Phi) is 4.28. The molecule has 1 aromatic heterocycles. The second kappa shape index (κ2) is 6.71. The van der Waals surface area contributed by atoms with Gasteiger partial charge >= 0.3 is 0 Å². The summed E-state index contributed by atoms with van der Waals surface area (Å²) in [6.07, 6.45) is 0. The van der Waals surface area contributed by atoms with E-state index in [1.807, 2.05) is 42.5 Å². The molecule has 0 N–H and O–H groups in total. The summed E-state index contributed by atoms with van der Waals surface area (Å²) in [5.41, 5.74) is 4.38. The largest absolute Gasteiger partial charge is 0.287 e. The smallest absolute Gasteiger partial charge is 0.174 e. The molecule has 118 valence electrons. The maximum Gasteiger partial charge on any atom is 0.174 e. The highest BCUT2D eigenvalue weighted by Crippen LogP contribution is 2.31. The van der Waals surface area contributed by atoms with E-state index in [-0.39, 0.29) is 0 Å². The van der Waals surface area contributed by atoms with Gasteiger partial charge in [0.1, 0.15) is 0 Å². The van der Waals surface area contributed by atoms with Crippen LogP contribution in [-0.4, -0.2) is 9.55 Å². The lowest BCUT2D eigenvalue weighted by Crippen LogP contribution is -1.96. The number of halogens is 1. The molecular weight excluding hydrogens is 336 g/mol. The number of nitrogens with zero attached hydrogens (tertiary/aromatic N) is 2. The minimum atomic E-state index is 0.708. The number of hydrogen-bond donors (Lipinski definition) is 0. The van der Waals surface area contributed by atoms with Crippen molar-refractivity contribution in [2.24, 2.45) is 0 Å². The first-order valence-electron chi connectivity index (χ1n) is 7.71. The number of para-hydroxylation sites is 1. The minimum absolute atomic E-state index is 0.708. The lowest BCUT2D eigenvalue weighted by Gasteiger charge is -2.09. The zero-order valence-corrected chi connectivity index (χ0v) is 14.5. The number of thioether (sulfide) groups is 1. The zero-order valence-electron chi connectivity index (χ0n) is 12.9. The Labute approximate surface area is 150 Å². The number of imidazole rings is 1. The first kappa shape index (κ1) is 15.3. The van der Waals surface area contributed by atoms with Crippen LogP contribution in [0.1, 0.15) is 5.56 Å². The monoisotopic (exact) mass is 350 g/mol. The SMILES string of the molecule is Clc1ccc2c(c1)nc(SCc1ccccc1)n2-c1ccccc1. The van der Waals surface area contributed by atoms with Gasteiger partial charge in [0.25, 0.3) is 0 Å². The molecule has 0 atom stereocenters. The fourth-order valence-electron chi connectivity index (χ4n) is 2.68. The Morgan fingerprint density at radius 1 is 0.875 bits per heavy atom. The van der Waals surface area contributed by atoms with E-state index in [9.17, 15) is 0 Å². The van der Waals surface area contributed by atoms with E-state index in [4.69, 9.17) is 16.6 Å². The van der Waals surface area contributed by atoms with Crippen molar-refractivity contribution in [2.45, 2.75) is 10.9 Å². The highest BCUT2D eigenvalue weighted by atomic mass is 35.5. The van der Waals surface area contributed by atoms with Crippen LogP contribution in [0.25, 0.3) is 16.7 Å². The van der Waals surface area contributed by atoms with Crippen LogP contribution in [0.2, 0.25) is 5.02 Å². The summed E-state index contributed by atoms with van der Waals surface area (Å²) in [7, 11) is 0. The van der Waals surface area contributed by atoms with Crippen molar-refractivity contribution in [2.75, 3.05) is 0 Å². The second-order valence-electron chi connectivity index (χ2n) is 5.47. The van der Waals surface area contributed by atoms with Crippen LogP contribution in [0.5, 0.6) is 0 Å². The van der Waals surface area contributed by atoms with Gasteiger partial charge < -0.3 is 0 Å². The van der Waals surface area contributed by atoms with Gasteiger partial charge in [0.15, 0.2) is 5.16 Å². The highest BCUT2D eigenvalue weighted by Gasteiger charge is 2.13. The molecule has 4 heteroatoms. The molecular formula is C20H15ClN2S. The third-order valence-electron chi connectivity index (χ3n) is 3.81. The number of benzene rings is 3. The first-order valence-corrected chi connectivity index (χ1v) is 9.08. The van der Waals surface area contributed by atoms with Crippen LogP contribution in [0.15, 0.2) is 84.0 Å². The van der Waals surface area contributed by atoms with E-state index < -0.39 is 0 Å². The van der Waals surface area contributed by atoms with Gasteiger partial charge in [0.05, 0.1) is 11.0 Å². The Morgan fingerprint density at radius 3 is 2.33 bits per heavy atom. The molecule has 0 radical (unpaired) electrons. The number of rotatable bonds is 4. The van der Waals surface area contributed by atoms with Crippen molar-refractivity contribution in [1.82, 2.24) is 9.55 Å². The summed E-state index contributed by atoms with van der Waals surface area (Å²) in [6, 6.07) is 26.6. The van der Waals surface area contributed by atoms with E-state index >= 15 is 0 Å². The molecule has 0 fully saturated rings. The average molecular weight is 351 g/mol. The third kappa shape index (κ3) is 3.05. The molecule has 4 rings (SSSR count). The Bertz CT molecular complexity index is 965. The van der Waals surface area contributed by atoms with Gasteiger partial charge in [0.2, 0.25) is 0 Å². The molecule has 0 bridgehead atoms. The lowest BCUT2D eigenvalue weighted by molar-refractivity contribution is 0.919. The minimum Gasteiger partial charge on any atom is -0.287 e. The van der Waals surface area contributed by atoms with Crippen LogP contribution in [0.4, 0.5) is 0 Å². The summed E-state index contributed by atoms with van der Waals surface area (Å²) in [6.45, 7) is 0. The maximum absolute atomic E-state index is 6.14. The Morgan fingerprint density at radius 2 is 1.58 bits per heavy atom. The van der Waals surface area contributed by atoms with E-state index in [0.717, 1.165) is 27.6 Å². The number of hydrogen-bond acceptors (Lipinski definition) is 2. The molecule has 0 spiro atoms. The summed E-state index contributed by atoms with van der Waals surface area (Å²) in [4.78, 5) is 4.81. The summed E-state index contributed by atoms with van der Waals surface area (Å²) >= 11 is 7.88. The first-order chi connectivity index (χ1) is 11.8. The van der Waals surface area contributed by atoms with Gasteiger partial charge in [-0.15, -0.1) is 0 Å². The predicted molar refractivity (Wildman–Crippen MR) is 102 cm³/mol. The molecule has 0 aliphatic heterocycles. The molecule has 0 amide bonds. The highest BCUT2D eigenvalue weighted by molar-refractivity contribution is 7.98. The van der Waals surface area contributed by atoms with Gasteiger partial charge in [-0.3, -0.25) is 4.57 Å². The van der Waals surface area contributed by atoms with Crippen LogP contribution in [-0.2, 0) is 5.75 Å². The Balaban J connectivity index is 1.79. The quantitative estimate of drug-likeness (QED) is 0.422. The van der Waals surface area contributed by atoms with E-state index in [1.165, 1.54) is 5.56 Å². The van der Waals surface area contributed by atoms with E-state index in [1.54, 1.807) is 11.8 Å². The van der Waals surface area contributed by atoms with Crippen LogP contribution < -0.4 is 0 Å². The van der Waals surface area contributed by atoms with Crippen LogP contribution >= 0.6 is 23.4 Å². The van der Waals surface area contributed by atoms with Gasteiger partial charge in [-0.25, -0.2) is 4.98 Å². The summed E-state index contributed by atoms with van der Waals surface area (Å²) in [5, 5.41) is 1.68. The summed E-state index contributed by atoms with van der Waals surface area (Å²) < 4.78 is 2.19. The molecule has 4 aromatic rings. The molecule has 0 aliphatic carbocycles. The van der Waals surface area contributed by atoms with Crippen molar-refractivity contribution >= 4 is 34.4 Å². The average Bonchev–Trinajstić information content (AvgIpc) is 2.99. The molecule has 0 aliphatic rings. The van der Waals surface area contributed by atoms with Gasteiger partial charge in [-0.2, -0.15) is 0 Å². The number of fused-ring (bicyclic) bond motifs is 1. The van der Waals surface area contributed by atoms with Crippen molar-refractivity contribution in [3.63, 3.8) is 0 Å². The van der Waals surface area contributed by atoms with Crippen LogP contribution in [0.3, 0.4) is 0 Å². The summed E-state index contributed by atoms with van der Waals surface area (Å²) in [5.74, 6) is 0.880. The van der Waals surface area contributed by atoms with Crippen molar-refractivity contribution in [3.8, 4) is 5.69 Å². The number of aromatic nitrogens is 2. The second-order valence-corrected chi connectivity index (χ2v) is 6.85.